The Morgan fingerprint density at radius 1 is 1.26 bits per heavy atom. The number of hydrogen-bond acceptors (Lipinski definition) is 7. The van der Waals surface area contributed by atoms with Gasteiger partial charge in [0.1, 0.15) is 11.3 Å². The lowest BCUT2D eigenvalue weighted by atomic mass is 10.2. The van der Waals surface area contributed by atoms with Crippen LogP contribution in [0.2, 0.25) is 0 Å². The van der Waals surface area contributed by atoms with E-state index in [1.54, 1.807) is 43.6 Å². The lowest BCUT2D eigenvalue weighted by molar-refractivity contribution is 0.0262. The zero-order valence-electron chi connectivity index (χ0n) is 12.2. The highest BCUT2D eigenvalue weighted by atomic mass is 16.6. The minimum absolute atomic E-state index is 0.0753. The van der Waals surface area contributed by atoms with E-state index in [0.29, 0.717) is 11.4 Å². The zero-order valence-corrected chi connectivity index (χ0v) is 12.2. The molecule has 0 saturated heterocycles. The van der Waals surface area contributed by atoms with Crippen LogP contribution >= 0.6 is 0 Å². The first-order chi connectivity index (χ1) is 11.1. The maximum atomic E-state index is 12.0. The number of esters is 1. The predicted molar refractivity (Wildman–Crippen MR) is 79.5 cm³/mol. The second kappa shape index (κ2) is 6.27. The van der Waals surface area contributed by atoms with Gasteiger partial charge in [0.05, 0.1) is 0 Å². The van der Waals surface area contributed by atoms with Gasteiger partial charge in [0.15, 0.2) is 6.10 Å². The molecule has 0 radical (unpaired) electrons. The summed E-state index contributed by atoms with van der Waals surface area (Å²) in [6, 6.07) is 9.68. The molecule has 0 spiro atoms. The SMILES string of the molecule is C[C@H](OC(=O)c1ccccc1O)c1nc(-c2cccnc2)no1. The van der Waals surface area contributed by atoms with Crippen LogP contribution < -0.4 is 0 Å². The molecule has 0 unspecified atom stereocenters. The van der Waals surface area contributed by atoms with Crippen molar-refractivity contribution in [2.45, 2.75) is 13.0 Å². The largest absolute Gasteiger partial charge is 0.507 e. The summed E-state index contributed by atoms with van der Waals surface area (Å²) < 4.78 is 10.4. The lowest BCUT2D eigenvalue weighted by Gasteiger charge is -2.09. The van der Waals surface area contributed by atoms with Gasteiger partial charge in [-0.3, -0.25) is 4.98 Å². The van der Waals surface area contributed by atoms with E-state index >= 15 is 0 Å². The number of carbonyl (C=O) groups is 1. The molecule has 116 valence electrons. The van der Waals surface area contributed by atoms with Gasteiger partial charge in [0, 0.05) is 18.0 Å². The molecule has 2 heterocycles. The minimum Gasteiger partial charge on any atom is -0.507 e. The average molecular weight is 311 g/mol. The predicted octanol–water partition coefficient (Wildman–Crippen LogP) is 2.76. The third-order valence-electron chi connectivity index (χ3n) is 3.12. The normalized spacial score (nSPS) is 11.9. The maximum absolute atomic E-state index is 12.0. The Morgan fingerprint density at radius 2 is 2.09 bits per heavy atom. The van der Waals surface area contributed by atoms with Crippen molar-refractivity contribution in [2.24, 2.45) is 0 Å². The van der Waals surface area contributed by atoms with Gasteiger partial charge >= 0.3 is 5.97 Å². The number of ether oxygens (including phenoxy) is 1. The van der Waals surface area contributed by atoms with E-state index in [2.05, 4.69) is 15.1 Å². The van der Waals surface area contributed by atoms with Crippen molar-refractivity contribution < 1.29 is 19.2 Å². The van der Waals surface area contributed by atoms with Crippen LogP contribution in [0.1, 0.15) is 29.3 Å². The minimum atomic E-state index is -0.750. The summed E-state index contributed by atoms with van der Waals surface area (Å²) in [6.07, 6.45) is 2.49. The van der Waals surface area contributed by atoms with Gasteiger partial charge in [-0.15, -0.1) is 0 Å². The van der Waals surface area contributed by atoms with Crippen LogP contribution in [0.5, 0.6) is 5.75 Å². The van der Waals surface area contributed by atoms with Gasteiger partial charge in [0.2, 0.25) is 5.82 Å². The molecule has 0 aliphatic carbocycles. The summed E-state index contributed by atoms with van der Waals surface area (Å²) in [5, 5.41) is 13.5. The Hall–Kier alpha value is -3.22. The van der Waals surface area contributed by atoms with Crippen LogP contribution in [0.3, 0.4) is 0 Å². The van der Waals surface area contributed by atoms with E-state index < -0.39 is 12.1 Å². The number of benzene rings is 1. The van der Waals surface area contributed by atoms with E-state index in [1.165, 1.54) is 12.1 Å². The van der Waals surface area contributed by atoms with E-state index in [1.807, 2.05) is 0 Å². The number of nitrogens with zero attached hydrogens (tertiary/aromatic N) is 3. The number of para-hydroxylation sites is 1. The number of phenols is 1. The van der Waals surface area contributed by atoms with Crippen LogP contribution in [0.15, 0.2) is 53.3 Å². The second-order valence-corrected chi connectivity index (χ2v) is 4.76. The summed E-state index contributed by atoms with van der Waals surface area (Å²) in [4.78, 5) is 20.2. The van der Waals surface area contributed by atoms with Crippen molar-refractivity contribution in [3.63, 3.8) is 0 Å². The first kappa shape index (κ1) is 14.7. The Balaban J connectivity index is 1.74. The summed E-state index contributed by atoms with van der Waals surface area (Å²) in [6.45, 7) is 1.61. The van der Waals surface area contributed by atoms with Crippen molar-refractivity contribution in [2.75, 3.05) is 0 Å². The lowest BCUT2D eigenvalue weighted by Crippen LogP contribution is -2.09. The first-order valence-corrected chi connectivity index (χ1v) is 6.88. The van der Waals surface area contributed by atoms with Crippen molar-refractivity contribution in [3.8, 4) is 17.1 Å². The summed E-state index contributed by atoms with van der Waals surface area (Å²) >= 11 is 0. The Bertz CT molecular complexity index is 817. The highest BCUT2D eigenvalue weighted by Crippen LogP contribution is 2.23. The van der Waals surface area contributed by atoms with Gasteiger partial charge < -0.3 is 14.4 Å². The number of hydrogen-bond donors (Lipinski definition) is 1. The number of phenolic OH excluding ortho intramolecular Hbond substituents is 1. The number of pyridine rings is 1. The van der Waals surface area contributed by atoms with Crippen molar-refractivity contribution in [1.82, 2.24) is 15.1 Å². The fourth-order valence-corrected chi connectivity index (χ4v) is 1.93. The topological polar surface area (TPSA) is 98.3 Å². The first-order valence-electron chi connectivity index (χ1n) is 6.88. The summed E-state index contributed by atoms with van der Waals surface area (Å²) in [5.74, 6) is -0.297. The number of aromatic hydroxyl groups is 1. The number of rotatable bonds is 4. The Kier molecular flexibility index (Phi) is 4.01. The molecule has 1 aromatic carbocycles. The molecule has 0 aliphatic rings. The van der Waals surface area contributed by atoms with E-state index in [4.69, 9.17) is 9.26 Å². The quantitative estimate of drug-likeness (QED) is 0.740. The molecule has 0 bridgehead atoms. The Morgan fingerprint density at radius 3 is 2.83 bits per heavy atom. The van der Waals surface area contributed by atoms with Gasteiger partial charge in [0.25, 0.3) is 5.89 Å². The van der Waals surface area contributed by atoms with Gasteiger partial charge in [-0.2, -0.15) is 4.98 Å². The van der Waals surface area contributed by atoms with Crippen molar-refractivity contribution in [3.05, 3.63) is 60.2 Å². The smallest absolute Gasteiger partial charge is 0.342 e. The fraction of sp³-hybridized carbons (Fsp3) is 0.125. The molecule has 0 saturated carbocycles. The summed E-state index contributed by atoms with van der Waals surface area (Å²) in [5.41, 5.74) is 0.771. The molecule has 1 N–H and O–H groups in total. The fourth-order valence-electron chi connectivity index (χ4n) is 1.93. The summed E-state index contributed by atoms with van der Waals surface area (Å²) in [7, 11) is 0. The molecule has 1 atom stereocenters. The van der Waals surface area contributed by atoms with Crippen LogP contribution in [0.4, 0.5) is 0 Å². The molecule has 0 fully saturated rings. The molecule has 23 heavy (non-hydrogen) atoms. The maximum Gasteiger partial charge on any atom is 0.342 e. The van der Waals surface area contributed by atoms with Crippen LogP contribution in [-0.2, 0) is 4.74 Å². The standard InChI is InChI=1S/C16H13N3O4/c1-10(22-16(21)12-6-2-3-7-13(12)20)15-18-14(19-23-15)11-5-4-8-17-9-11/h2-10,20H,1H3/t10-/m0/s1. The van der Waals surface area contributed by atoms with Gasteiger partial charge in [-0.05, 0) is 31.2 Å². The van der Waals surface area contributed by atoms with E-state index in [0.717, 1.165) is 0 Å². The van der Waals surface area contributed by atoms with Crippen molar-refractivity contribution >= 4 is 5.97 Å². The third-order valence-corrected chi connectivity index (χ3v) is 3.12. The number of aromatic nitrogens is 3. The molecule has 7 heteroatoms. The zero-order chi connectivity index (χ0) is 16.2. The second-order valence-electron chi connectivity index (χ2n) is 4.76. The van der Waals surface area contributed by atoms with Crippen molar-refractivity contribution in [1.29, 1.82) is 0 Å². The van der Waals surface area contributed by atoms with Gasteiger partial charge in [-0.25, -0.2) is 4.79 Å². The average Bonchev–Trinajstić information content (AvgIpc) is 3.06. The molecule has 3 aromatic rings. The van der Waals surface area contributed by atoms with E-state index in [9.17, 15) is 9.90 Å². The van der Waals surface area contributed by atoms with E-state index in [-0.39, 0.29) is 17.2 Å². The molecule has 7 nitrogen and oxygen atoms in total. The third kappa shape index (κ3) is 3.18. The van der Waals surface area contributed by atoms with Gasteiger partial charge in [-0.1, -0.05) is 17.3 Å². The monoisotopic (exact) mass is 311 g/mol. The highest BCUT2D eigenvalue weighted by molar-refractivity contribution is 5.92. The Labute approximate surface area is 131 Å². The highest BCUT2D eigenvalue weighted by Gasteiger charge is 2.21. The molecule has 0 amide bonds. The number of carbonyl (C=O) groups excluding carboxylic acids is 1. The van der Waals surface area contributed by atoms with Crippen LogP contribution in [0.25, 0.3) is 11.4 Å². The molecular weight excluding hydrogens is 298 g/mol. The molecule has 2 aromatic heterocycles. The van der Waals surface area contributed by atoms with Crippen LogP contribution in [0, 0.1) is 0 Å². The molecule has 3 rings (SSSR count). The molecular formula is C16H13N3O4. The molecule has 0 aliphatic heterocycles. The van der Waals surface area contributed by atoms with Crippen LogP contribution in [-0.4, -0.2) is 26.2 Å².